The summed E-state index contributed by atoms with van der Waals surface area (Å²) >= 11 is 5.67. The predicted molar refractivity (Wildman–Crippen MR) is 104 cm³/mol. The molecule has 0 fully saturated rings. The van der Waals surface area contributed by atoms with Gasteiger partial charge in [-0.05, 0) is 42.8 Å². The lowest BCUT2D eigenvalue weighted by Gasteiger charge is -2.11. The van der Waals surface area contributed by atoms with E-state index in [0.29, 0.717) is 11.3 Å². The molecule has 0 aliphatic heterocycles. The van der Waals surface area contributed by atoms with Crippen LogP contribution in [-0.4, -0.2) is 18.5 Å². The molecule has 1 aromatic heterocycles. The zero-order valence-corrected chi connectivity index (χ0v) is 15.7. The largest absolute Gasteiger partial charge is 0.459 e. The second-order valence-corrected chi connectivity index (χ2v) is 6.50. The Bertz CT molecular complexity index is 1010. The predicted octanol–water partition coefficient (Wildman–Crippen LogP) is 4.66. The van der Waals surface area contributed by atoms with E-state index in [-0.39, 0.29) is 11.1 Å². The molecule has 1 N–H and O–H groups in total. The fraction of sp³-hybridized carbons (Fsp3) is 0.143. The Morgan fingerprint density at radius 2 is 2.04 bits per heavy atom. The molecule has 7 heteroatoms. The van der Waals surface area contributed by atoms with Crippen molar-refractivity contribution in [2.45, 2.75) is 13.0 Å². The van der Waals surface area contributed by atoms with Gasteiger partial charge in [-0.3, -0.25) is 4.79 Å². The number of amides is 1. The van der Waals surface area contributed by atoms with Crippen LogP contribution in [-0.2, 0) is 14.3 Å². The van der Waals surface area contributed by atoms with Crippen molar-refractivity contribution >= 4 is 40.5 Å². The van der Waals surface area contributed by atoms with Gasteiger partial charge in [0.05, 0.1) is 11.1 Å². The van der Waals surface area contributed by atoms with Gasteiger partial charge in [0.25, 0.3) is 5.91 Å². The average Bonchev–Trinajstić information content (AvgIpc) is 3.12. The van der Waals surface area contributed by atoms with Crippen molar-refractivity contribution in [2.24, 2.45) is 0 Å². The van der Waals surface area contributed by atoms with Crippen molar-refractivity contribution in [3.8, 4) is 0 Å². The highest BCUT2D eigenvalue weighted by molar-refractivity contribution is 6.30. The van der Waals surface area contributed by atoms with Crippen LogP contribution in [0.3, 0.4) is 0 Å². The van der Waals surface area contributed by atoms with E-state index in [9.17, 15) is 14.0 Å². The van der Waals surface area contributed by atoms with Gasteiger partial charge in [-0.25, -0.2) is 9.18 Å². The first kappa shape index (κ1) is 19.6. The van der Waals surface area contributed by atoms with E-state index >= 15 is 0 Å². The average molecular weight is 402 g/mol. The second-order valence-electron chi connectivity index (χ2n) is 6.09. The lowest BCUT2D eigenvalue weighted by atomic mass is 10.2. The molecule has 1 heterocycles. The maximum atomic E-state index is 13.1. The molecule has 144 valence electrons. The molecule has 0 unspecified atom stereocenters. The van der Waals surface area contributed by atoms with Crippen molar-refractivity contribution in [3.63, 3.8) is 0 Å². The lowest BCUT2D eigenvalue weighted by Crippen LogP contribution is -2.30. The number of para-hydroxylation sites is 1. The maximum absolute atomic E-state index is 13.1. The third-order valence-corrected chi connectivity index (χ3v) is 4.24. The summed E-state index contributed by atoms with van der Waals surface area (Å²) in [6.07, 6.45) is 2.56. The van der Waals surface area contributed by atoms with E-state index in [1.807, 2.05) is 30.3 Å². The van der Waals surface area contributed by atoms with Gasteiger partial charge in [-0.2, -0.15) is 0 Å². The van der Waals surface area contributed by atoms with Gasteiger partial charge in [-0.1, -0.05) is 35.9 Å². The van der Waals surface area contributed by atoms with Crippen molar-refractivity contribution in [2.75, 3.05) is 6.61 Å². The van der Waals surface area contributed by atoms with Crippen LogP contribution >= 0.6 is 11.6 Å². The number of benzene rings is 2. The number of hydrogen-bond donors (Lipinski definition) is 1. The molecule has 1 amide bonds. The summed E-state index contributed by atoms with van der Waals surface area (Å²) in [5.41, 5.74) is 1.27. The number of ether oxygens (including phenoxy) is 1. The third kappa shape index (κ3) is 4.98. The van der Waals surface area contributed by atoms with Gasteiger partial charge in [0.2, 0.25) is 0 Å². The van der Waals surface area contributed by atoms with Crippen LogP contribution in [0.15, 0.2) is 59.0 Å². The molecule has 0 aliphatic rings. The highest BCUT2D eigenvalue weighted by Gasteiger charge is 2.15. The minimum absolute atomic E-state index is 0.0468. The number of furan rings is 1. The summed E-state index contributed by atoms with van der Waals surface area (Å²) in [6.45, 7) is 1.34. The fourth-order valence-electron chi connectivity index (χ4n) is 2.54. The van der Waals surface area contributed by atoms with Crippen LogP contribution in [0.25, 0.3) is 17.0 Å². The Kier molecular flexibility index (Phi) is 6.11. The number of nitrogens with one attached hydrogen (secondary N) is 1. The van der Waals surface area contributed by atoms with Crippen molar-refractivity contribution in [1.29, 1.82) is 0 Å². The van der Waals surface area contributed by atoms with E-state index in [2.05, 4.69) is 5.32 Å². The molecule has 2 aromatic carbocycles. The molecule has 1 atom stereocenters. The van der Waals surface area contributed by atoms with Crippen molar-refractivity contribution in [1.82, 2.24) is 5.32 Å². The maximum Gasteiger partial charge on any atom is 0.331 e. The standard InChI is InChI=1S/C21H17ClFNO4/c1-13(19-11-15-4-2-3-5-18(15)28-19)24-20(25)12-27-21(26)9-7-14-6-8-17(23)16(22)10-14/h2-11,13H,12H2,1H3,(H,24,25)/b9-7+/t13-/m0/s1. The molecule has 3 aromatic rings. The van der Waals surface area contributed by atoms with E-state index in [4.69, 9.17) is 20.8 Å². The number of hydrogen-bond acceptors (Lipinski definition) is 4. The van der Waals surface area contributed by atoms with Crippen LogP contribution in [0.4, 0.5) is 4.39 Å². The van der Waals surface area contributed by atoms with Crippen molar-refractivity contribution < 1.29 is 23.1 Å². The zero-order valence-electron chi connectivity index (χ0n) is 14.9. The van der Waals surface area contributed by atoms with Gasteiger partial charge >= 0.3 is 5.97 Å². The summed E-state index contributed by atoms with van der Waals surface area (Å²) in [5.74, 6) is -1.10. The number of carbonyl (C=O) groups is 2. The highest BCUT2D eigenvalue weighted by atomic mass is 35.5. The van der Waals surface area contributed by atoms with E-state index < -0.39 is 24.3 Å². The van der Waals surface area contributed by atoms with E-state index in [1.54, 1.807) is 6.92 Å². The summed E-state index contributed by atoms with van der Waals surface area (Å²) in [5, 5.41) is 3.60. The van der Waals surface area contributed by atoms with Gasteiger partial charge in [0.15, 0.2) is 6.61 Å². The lowest BCUT2D eigenvalue weighted by molar-refractivity contribution is -0.144. The molecular weight excluding hydrogens is 385 g/mol. The first-order chi connectivity index (χ1) is 13.4. The number of esters is 1. The summed E-state index contributed by atoms with van der Waals surface area (Å²) in [7, 11) is 0. The van der Waals surface area contributed by atoms with Crippen molar-refractivity contribution in [3.05, 3.63) is 76.8 Å². The second kappa shape index (κ2) is 8.71. The molecule has 5 nitrogen and oxygen atoms in total. The molecule has 3 rings (SSSR count). The van der Waals surface area contributed by atoms with Crippen LogP contribution in [0.2, 0.25) is 5.02 Å². The quantitative estimate of drug-likeness (QED) is 0.482. The molecular formula is C21H17ClFNO4. The number of carbonyl (C=O) groups excluding carboxylic acids is 2. The summed E-state index contributed by atoms with van der Waals surface area (Å²) in [6, 6.07) is 13.0. The summed E-state index contributed by atoms with van der Waals surface area (Å²) < 4.78 is 23.7. The third-order valence-electron chi connectivity index (χ3n) is 3.95. The Morgan fingerprint density at radius 1 is 1.25 bits per heavy atom. The van der Waals surface area contributed by atoms with Crippen LogP contribution < -0.4 is 5.32 Å². The topological polar surface area (TPSA) is 68.5 Å². The molecule has 0 radical (unpaired) electrons. The first-order valence-electron chi connectivity index (χ1n) is 8.50. The normalized spacial score (nSPS) is 12.2. The van der Waals surface area contributed by atoms with Gasteiger partial charge in [-0.15, -0.1) is 0 Å². The van der Waals surface area contributed by atoms with Crippen LogP contribution in [0, 0.1) is 5.82 Å². The zero-order chi connectivity index (χ0) is 20.1. The fourth-order valence-corrected chi connectivity index (χ4v) is 2.72. The Labute approximate surface area is 165 Å². The van der Waals surface area contributed by atoms with Crippen LogP contribution in [0.1, 0.15) is 24.3 Å². The van der Waals surface area contributed by atoms with Crippen LogP contribution in [0.5, 0.6) is 0 Å². The first-order valence-corrected chi connectivity index (χ1v) is 8.88. The van der Waals surface area contributed by atoms with Gasteiger partial charge < -0.3 is 14.5 Å². The molecule has 0 saturated carbocycles. The van der Waals surface area contributed by atoms with E-state index in [0.717, 1.165) is 17.0 Å². The van der Waals surface area contributed by atoms with E-state index in [1.165, 1.54) is 24.3 Å². The number of halogens is 2. The van der Waals surface area contributed by atoms with Gasteiger partial charge in [0, 0.05) is 11.5 Å². The highest BCUT2D eigenvalue weighted by Crippen LogP contribution is 2.23. The Balaban J connectivity index is 1.49. The minimum atomic E-state index is -0.702. The monoisotopic (exact) mass is 401 g/mol. The smallest absolute Gasteiger partial charge is 0.331 e. The Morgan fingerprint density at radius 3 is 2.79 bits per heavy atom. The molecule has 28 heavy (non-hydrogen) atoms. The molecule has 0 bridgehead atoms. The molecule has 0 spiro atoms. The molecule has 0 aliphatic carbocycles. The SMILES string of the molecule is C[C@H](NC(=O)COC(=O)/C=C/c1ccc(F)c(Cl)c1)c1cc2ccccc2o1. The minimum Gasteiger partial charge on any atom is -0.459 e. The number of rotatable bonds is 6. The summed E-state index contributed by atoms with van der Waals surface area (Å²) in [4.78, 5) is 23.7. The Hall–Kier alpha value is -3.12. The molecule has 0 saturated heterocycles. The van der Waals surface area contributed by atoms with Gasteiger partial charge in [0.1, 0.15) is 17.2 Å². The number of fused-ring (bicyclic) bond motifs is 1.